The monoisotopic (exact) mass is 318 g/mol. The van der Waals surface area contributed by atoms with Gasteiger partial charge in [-0.1, -0.05) is 43.7 Å². The lowest BCUT2D eigenvalue weighted by Gasteiger charge is -2.28. The van der Waals surface area contributed by atoms with Gasteiger partial charge in [-0.15, -0.1) is 0 Å². The fraction of sp³-hybridized carbons (Fsp3) is 0.412. The van der Waals surface area contributed by atoms with Crippen molar-refractivity contribution in [2.45, 2.75) is 38.7 Å². The molecule has 0 N–H and O–H groups in total. The molecule has 1 aliphatic carbocycles. The summed E-state index contributed by atoms with van der Waals surface area (Å²) in [5, 5.41) is 2.47. The Morgan fingerprint density at radius 2 is 1.95 bits per heavy atom. The van der Waals surface area contributed by atoms with Crippen LogP contribution >= 0.6 is 15.9 Å². The van der Waals surface area contributed by atoms with E-state index in [1.54, 1.807) is 0 Å². The molecule has 0 aromatic heterocycles. The van der Waals surface area contributed by atoms with E-state index in [1.807, 2.05) is 0 Å². The molecule has 0 heterocycles. The molecular weight excluding hydrogens is 300 g/mol. The normalized spacial score (nSPS) is 23.5. The molecule has 1 saturated carbocycles. The molecule has 0 spiro atoms. The molecule has 1 aliphatic rings. The second kappa shape index (κ2) is 5.54. The highest BCUT2D eigenvalue weighted by atomic mass is 79.9. The fourth-order valence-electron chi connectivity index (χ4n) is 2.97. The summed E-state index contributed by atoms with van der Waals surface area (Å²) in [6, 6.07) is 12.6. The van der Waals surface area contributed by atoms with Gasteiger partial charge in [0.05, 0.1) is 10.6 Å². The Bertz CT molecular complexity index is 578. The molecule has 2 heteroatoms. The lowest BCUT2D eigenvalue weighted by molar-refractivity contribution is 0.128. The van der Waals surface area contributed by atoms with Crippen molar-refractivity contribution in [3.8, 4) is 5.75 Å². The van der Waals surface area contributed by atoms with Gasteiger partial charge >= 0.3 is 0 Å². The molecule has 2 atom stereocenters. The van der Waals surface area contributed by atoms with Crippen molar-refractivity contribution in [3.05, 3.63) is 40.9 Å². The van der Waals surface area contributed by atoms with E-state index in [0.29, 0.717) is 6.10 Å². The van der Waals surface area contributed by atoms with Crippen molar-refractivity contribution in [1.82, 2.24) is 0 Å². The first-order valence-electron chi connectivity index (χ1n) is 7.08. The van der Waals surface area contributed by atoms with Crippen LogP contribution in [0.3, 0.4) is 0 Å². The average molecular weight is 319 g/mol. The van der Waals surface area contributed by atoms with Crippen molar-refractivity contribution in [2.24, 2.45) is 5.92 Å². The van der Waals surface area contributed by atoms with Crippen molar-refractivity contribution < 1.29 is 4.74 Å². The van der Waals surface area contributed by atoms with Gasteiger partial charge in [0.1, 0.15) is 5.75 Å². The number of halogens is 1. The summed E-state index contributed by atoms with van der Waals surface area (Å²) < 4.78 is 7.30. The Morgan fingerprint density at radius 1 is 1.11 bits per heavy atom. The highest BCUT2D eigenvalue weighted by Crippen LogP contribution is 2.35. The molecule has 0 amide bonds. The minimum atomic E-state index is 0.376. The predicted octanol–water partition coefficient (Wildman–Crippen LogP) is 5.56. The quantitative estimate of drug-likeness (QED) is 0.704. The van der Waals surface area contributed by atoms with Gasteiger partial charge in [0.2, 0.25) is 0 Å². The highest BCUT2D eigenvalue weighted by molar-refractivity contribution is 9.10. The molecule has 100 valence electrons. The maximum Gasteiger partial charge on any atom is 0.134 e. The molecular formula is C17H19BrO. The van der Waals surface area contributed by atoms with E-state index in [9.17, 15) is 0 Å². The Kier molecular flexibility index (Phi) is 3.79. The van der Waals surface area contributed by atoms with Gasteiger partial charge in [-0.2, -0.15) is 0 Å². The van der Waals surface area contributed by atoms with E-state index < -0.39 is 0 Å². The minimum Gasteiger partial charge on any atom is -0.489 e. The lowest BCUT2D eigenvalue weighted by atomic mass is 9.89. The third-order valence-electron chi connectivity index (χ3n) is 4.01. The number of hydrogen-bond donors (Lipinski definition) is 0. The zero-order chi connectivity index (χ0) is 13.2. The number of rotatable bonds is 2. The van der Waals surface area contributed by atoms with Crippen LogP contribution in [0.1, 0.15) is 32.6 Å². The number of ether oxygens (including phenoxy) is 1. The molecule has 2 aromatic rings. The first-order chi connectivity index (χ1) is 9.24. The van der Waals surface area contributed by atoms with Gasteiger partial charge in [-0.3, -0.25) is 0 Å². The summed E-state index contributed by atoms with van der Waals surface area (Å²) in [5.74, 6) is 1.77. The third-order valence-corrected chi connectivity index (χ3v) is 4.83. The van der Waals surface area contributed by atoms with E-state index in [-0.39, 0.29) is 0 Å². The third kappa shape index (κ3) is 2.79. The zero-order valence-electron chi connectivity index (χ0n) is 11.2. The van der Waals surface area contributed by atoms with Gasteiger partial charge in [0.25, 0.3) is 0 Å². The Morgan fingerprint density at radius 3 is 2.79 bits per heavy atom. The Labute approximate surface area is 123 Å². The summed E-state index contributed by atoms with van der Waals surface area (Å²) in [5.41, 5.74) is 0. The second-order valence-corrected chi connectivity index (χ2v) is 6.40. The SMILES string of the molecule is CC1CCCC(Oc2ccc3ccccc3c2Br)C1. The largest absolute Gasteiger partial charge is 0.489 e. The molecule has 1 nitrogen and oxygen atoms in total. The van der Waals surface area contributed by atoms with E-state index >= 15 is 0 Å². The Balaban J connectivity index is 1.86. The van der Waals surface area contributed by atoms with Crippen LogP contribution in [-0.4, -0.2) is 6.10 Å². The second-order valence-electron chi connectivity index (χ2n) is 5.61. The number of fused-ring (bicyclic) bond motifs is 1. The van der Waals surface area contributed by atoms with Gasteiger partial charge in [-0.05, 0) is 57.9 Å². The molecule has 2 aromatic carbocycles. The summed E-state index contributed by atoms with van der Waals surface area (Å²) >= 11 is 3.70. The van der Waals surface area contributed by atoms with Gasteiger partial charge in [0.15, 0.2) is 0 Å². The van der Waals surface area contributed by atoms with Crippen molar-refractivity contribution in [2.75, 3.05) is 0 Å². The molecule has 0 aliphatic heterocycles. The fourth-order valence-corrected chi connectivity index (χ4v) is 3.56. The van der Waals surface area contributed by atoms with Gasteiger partial charge in [0, 0.05) is 0 Å². The van der Waals surface area contributed by atoms with E-state index in [4.69, 9.17) is 4.74 Å². The average Bonchev–Trinajstić information content (AvgIpc) is 2.42. The summed E-state index contributed by atoms with van der Waals surface area (Å²) in [7, 11) is 0. The molecule has 0 radical (unpaired) electrons. The maximum atomic E-state index is 6.22. The minimum absolute atomic E-state index is 0.376. The van der Waals surface area contributed by atoms with E-state index in [1.165, 1.54) is 36.5 Å². The molecule has 0 bridgehead atoms. The van der Waals surface area contributed by atoms with Crippen LogP contribution in [0.4, 0.5) is 0 Å². The topological polar surface area (TPSA) is 9.23 Å². The highest BCUT2D eigenvalue weighted by Gasteiger charge is 2.21. The smallest absolute Gasteiger partial charge is 0.134 e. The standard InChI is InChI=1S/C17H19BrO/c1-12-5-4-7-14(11-12)19-16-10-9-13-6-2-3-8-15(13)17(16)18/h2-3,6,8-10,12,14H,4-5,7,11H2,1H3. The van der Waals surface area contributed by atoms with E-state index in [2.05, 4.69) is 59.3 Å². The van der Waals surface area contributed by atoms with Gasteiger partial charge in [-0.25, -0.2) is 0 Å². The zero-order valence-corrected chi connectivity index (χ0v) is 12.8. The summed E-state index contributed by atoms with van der Waals surface area (Å²) in [6.45, 7) is 2.32. The molecule has 19 heavy (non-hydrogen) atoms. The van der Waals surface area contributed by atoms with Crippen LogP contribution in [0.15, 0.2) is 40.9 Å². The summed E-state index contributed by atoms with van der Waals surface area (Å²) in [6.07, 6.45) is 5.37. The number of hydrogen-bond acceptors (Lipinski definition) is 1. The van der Waals surface area contributed by atoms with Crippen LogP contribution in [0.25, 0.3) is 10.8 Å². The number of benzene rings is 2. The Hall–Kier alpha value is -1.02. The maximum absolute atomic E-state index is 6.22. The van der Waals surface area contributed by atoms with Gasteiger partial charge < -0.3 is 4.74 Å². The van der Waals surface area contributed by atoms with Crippen LogP contribution in [0.2, 0.25) is 0 Å². The van der Waals surface area contributed by atoms with Crippen LogP contribution in [0, 0.1) is 5.92 Å². The van der Waals surface area contributed by atoms with Crippen molar-refractivity contribution in [1.29, 1.82) is 0 Å². The molecule has 2 unspecified atom stereocenters. The van der Waals surface area contributed by atoms with Crippen LogP contribution < -0.4 is 4.74 Å². The molecule has 1 fully saturated rings. The predicted molar refractivity (Wildman–Crippen MR) is 83.7 cm³/mol. The lowest BCUT2D eigenvalue weighted by Crippen LogP contribution is -2.24. The summed E-state index contributed by atoms with van der Waals surface area (Å²) in [4.78, 5) is 0. The molecule has 0 saturated heterocycles. The first-order valence-corrected chi connectivity index (χ1v) is 7.87. The van der Waals surface area contributed by atoms with Crippen LogP contribution in [0.5, 0.6) is 5.75 Å². The first kappa shape index (κ1) is 13.0. The van der Waals surface area contributed by atoms with E-state index in [0.717, 1.165) is 16.1 Å². The molecule has 3 rings (SSSR count). The van der Waals surface area contributed by atoms with Crippen molar-refractivity contribution >= 4 is 26.7 Å². The van der Waals surface area contributed by atoms with Crippen LogP contribution in [-0.2, 0) is 0 Å². The van der Waals surface area contributed by atoms with Crippen molar-refractivity contribution in [3.63, 3.8) is 0 Å².